The fourth-order valence-corrected chi connectivity index (χ4v) is 2.63. The van der Waals surface area contributed by atoms with Gasteiger partial charge in [0.15, 0.2) is 0 Å². The Bertz CT molecular complexity index is 198. The number of piperidine rings is 1. The van der Waals surface area contributed by atoms with Crippen molar-refractivity contribution in [3.05, 3.63) is 0 Å². The lowest BCUT2D eigenvalue weighted by atomic mass is 9.92. The Balaban J connectivity index is 1.92. The molecule has 2 saturated heterocycles. The SMILES string of the molecule is CC1CCN(C2CCOC2C)CC1N. The second-order valence-electron chi connectivity index (χ2n) is 4.86. The molecular formula is C11H22N2O. The van der Waals surface area contributed by atoms with Gasteiger partial charge in [-0.1, -0.05) is 6.92 Å². The largest absolute Gasteiger partial charge is 0.377 e. The van der Waals surface area contributed by atoms with Gasteiger partial charge in [0.1, 0.15) is 0 Å². The summed E-state index contributed by atoms with van der Waals surface area (Å²) in [5.41, 5.74) is 6.10. The monoisotopic (exact) mass is 198 g/mol. The van der Waals surface area contributed by atoms with Crippen LogP contribution in [0, 0.1) is 5.92 Å². The summed E-state index contributed by atoms with van der Waals surface area (Å²) in [7, 11) is 0. The van der Waals surface area contributed by atoms with Crippen LogP contribution in [0.4, 0.5) is 0 Å². The van der Waals surface area contributed by atoms with Gasteiger partial charge in [-0.15, -0.1) is 0 Å². The molecule has 0 aromatic carbocycles. The molecular weight excluding hydrogens is 176 g/mol. The zero-order chi connectivity index (χ0) is 10.1. The van der Waals surface area contributed by atoms with E-state index in [9.17, 15) is 0 Å². The summed E-state index contributed by atoms with van der Waals surface area (Å²) in [6.45, 7) is 7.62. The van der Waals surface area contributed by atoms with Crippen LogP contribution in [0.25, 0.3) is 0 Å². The van der Waals surface area contributed by atoms with Gasteiger partial charge in [0.05, 0.1) is 6.10 Å². The number of nitrogens with two attached hydrogens (primary N) is 1. The van der Waals surface area contributed by atoms with Crippen LogP contribution in [0.1, 0.15) is 26.7 Å². The molecule has 0 radical (unpaired) electrons. The first-order valence-electron chi connectivity index (χ1n) is 5.79. The van der Waals surface area contributed by atoms with Crippen LogP contribution in [0.2, 0.25) is 0 Å². The van der Waals surface area contributed by atoms with E-state index < -0.39 is 0 Å². The van der Waals surface area contributed by atoms with E-state index in [4.69, 9.17) is 10.5 Å². The Morgan fingerprint density at radius 1 is 1.29 bits per heavy atom. The summed E-state index contributed by atoms with van der Waals surface area (Å²) >= 11 is 0. The standard InChI is InChI=1S/C11H22N2O/c1-8-3-5-13(7-10(8)12)11-4-6-14-9(11)2/h8-11H,3-7,12H2,1-2H3. The third-order valence-corrected chi connectivity index (χ3v) is 3.85. The summed E-state index contributed by atoms with van der Waals surface area (Å²) in [4.78, 5) is 2.53. The predicted octanol–water partition coefficient (Wildman–Crippen LogP) is 0.833. The molecule has 2 heterocycles. The smallest absolute Gasteiger partial charge is 0.0703 e. The molecule has 2 aliphatic heterocycles. The fourth-order valence-electron chi connectivity index (χ4n) is 2.63. The zero-order valence-corrected chi connectivity index (χ0v) is 9.28. The Labute approximate surface area is 86.6 Å². The molecule has 2 fully saturated rings. The van der Waals surface area contributed by atoms with E-state index in [-0.39, 0.29) is 0 Å². The average Bonchev–Trinajstić information content (AvgIpc) is 2.57. The molecule has 0 saturated carbocycles. The molecule has 2 N–H and O–H groups in total. The zero-order valence-electron chi connectivity index (χ0n) is 9.28. The van der Waals surface area contributed by atoms with E-state index in [0.29, 0.717) is 24.1 Å². The van der Waals surface area contributed by atoms with Gasteiger partial charge in [0, 0.05) is 25.2 Å². The molecule has 0 bridgehead atoms. The molecule has 4 atom stereocenters. The first-order valence-corrected chi connectivity index (χ1v) is 5.79. The van der Waals surface area contributed by atoms with Crippen molar-refractivity contribution in [2.24, 2.45) is 11.7 Å². The van der Waals surface area contributed by atoms with Crippen LogP contribution < -0.4 is 5.73 Å². The van der Waals surface area contributed by atoms with Crippen molar-refractivity contribution >= 4 is 0 Å². The lowest BCUT2D eigenvalue weighted by Gasteiger charge is -2.39. The van der Waals surface area contributed by atoms with Crippen molar-refractivity contribution in [3.8, 4) is 0 Å². The van der Waals surface area contributed by atoms with E-state index >= 15 is 0 Å². The Hall–Kier alpha value is -0.120. The third-order valence-electron chi connectivity index (χ3n) is 3.85. The van der Waals surface area contributed by atoms with Crippen molar-refractivity contribution in [1.29, 1.82) is 0 Å². The minimum absolute atomic E-state index is 0.358. The molecule has 0 amide bonds. The number of likely N-dealkylation sites (tertiary alicyclic amines) is 1. The van der Waals surface area contributed by atoms with Crippen molar-refractivity contribution in [2.75, 3.05) is 19.7 Å². The molecule has 4 unspecified atom stereocenters. The molecule has 2 rings (SSSR count). The highest BCUT2D eigenvalue weighted by Crippen LogP contribution is 2.24. The van der Waals surface area contributed by atoms with Crippen LogP contribution in [-0.2, 0) is 4.74 Å². The van der Waals surface area contributed by atoms with Gasteiger partial charge < -0.3 is 10.5 Å². The van der Waals surface area contributed by atoms with Gasteiger partial charge in [-0.25, -0.2) is 0 Å². The molecule has 0 aromatic rings. The van der Waals surface area contributed by atoms with Gasteiger partial charge in [-0.3, -0.25) is 4.90 Å². The highest BCUT2D eigenvalue weighted by molar-refractivity contribution is 4.88. The second-order valence-corrected chi connectivity index (χ2v) is 4.86. The van der Waals surface area contributed by atoms with E-state index in [1.165, 1.54) is 19.4 Å². The van der Waals surface area contributed by atoms with Gasteiger partial charge >= 0.3 is 0 Å². The van der Waals surface area contributed by atoms with Gasteiger partial charge in [-0.05, 0) is 32.2 Å². The van der Waals surface area contributed by atoms with Gasteiger partial charge in [0.25, 0.3) is 0 Å². The average molecular weight is 198 g/mol. The number of nitrogens with zero attached hydrogens (tertiary/aromatic N) is 1. The maximum absolute atomic E-state index is 6.10. The second kappa shape index (κ2) is 4.17. The molecule has 2 aliphatic rings. The first kappa shape index (κ1) is 10.4. The number of hydrogen-bond acceptors (Lipinski definition) is 3. The van der Waals surface area contributed by atoms with Gasteiger partial charge in [0.2, 0.25) is 0 Å². The quantitative estimate of drug-likeness (QED) is 0.678. The maximum Gasteiger partial charge on any atom is 0.0703 e. The number of hydrogen-bond donors (Lipinski definition) is 1. The van der Waals surface area contributed by atoms with E-state index in [0.717, 1.165) is 13.2 Å². The molecule has 82 valence electrons. The lowest BCUT2D eigenvalue weighted by molar-refractivity contribution is 0.0529. The van der Waals surface area contributed by atoms with Crippen LogP contribution in [0.3, 0.4) is 0 Å². The van der Waals surface area contributed by atoms with Crippen LogP contribution in [0.15, 0.2) is 0 Å². The molecule has 14 heavy (non-hydrogen) atoms. The molecule has 3 heteroatoms. The van der Waals surface area contributed by atoms with Crippen molar-refractivity contribution in [3.63, 3.8) is 0 Å². The molecule has 0 aromatic heterocycles. The van der Waals surface area contributed by atoms with Gasteiger partial charge in [-0.2, -0.15) is 0 Å². The third kappa shape index (κ3) is 1.95. The fraction of sp³-hybridized carbons (Fsp3) is 1.00. The maximum atomic E-state index is 6.10. The number of ether oxygens (including phenoxy) is 1. The van der Waals surface area contributed by atoms with E-state index in [1.807, 2.05) is 0 Å². The van der Waals surface area contributed by atoms with Crippen molar-refractivity contribution in [1.82, 2.24) is 4.90 Å². The summed E-state index contributed by atoms with van der Waals surface area (Å²) < 4.78 is 5.60. The lowest BCUT2D eigenvalue weighted by Crippen LogP contribution is -2.52. The topological polar surface area (TPSA) is 38.5 Å². The first-order chi connectivity index (χ1) is 6.68. The Kier molecular flexibility index (Phi) is 3.10. The summed E-state index contributed by atoms with van der Waals surface area (Å²) in [5, 5.41) is 0. The van der Waals surface area contributed by atoms with Crippen LogP contribution in [-0.4, -0.2) is 42.8 Å². The Morgan fingerprint density at radius 3 is 2.64 bits per heavy atom. The highest BCUT2D eigenvalue weighted by Gasteiger charge is 2.33. The van der Waals surface area contributed by atoms with E-state index in [1.54, 1.807) is 0 Å². The minimum atomic E-state index is 0.358. The van der Waals surface area contributed by atoms with Crippen molar-refractivity contribution in [2.45, 2.75) is 44.9 Å². The van der Waals surface area contributed by atoms with Crippen molar-refractivity contribution < 1.29 is 4.74 Å². The molecule has 0 aliphatic carbocycles. The predicted molar refractivity (Wildman–Crippen MR) is 57.1 cm³/mol. The van der Waals surface area contributed by atoms with Crippen LogP contribution in [0.5, 0.6) is 0 Å². The van der Waals surface area contributed by atoms with Crippen LogP contribution >= 0.6 is 0 Å². The normalized spacial score (nSPS) is 45.6. The summed E-state index contributed by atoms with van der Waals surface area (Å²) in [6, 6.07) is 0.977. The summed E-state index contributed by atoms with van der Waals surface area (Å²) in [6.07, 6.45) is 2.82. The van der Waals surface area contributed by atoms with E-state index in [2.05, 4.69) is 18.7 Å². The minimum Gasteiger partial charge on any atom is -0.377 e. The Morgan fingerprint density at radius 2 is 2.07 bits per heavy atom. The highest BCUT2D eigenvalue weighted by atomic mass is 16.5. The summed E-state index contributed by atoms with van der Waals surface area (Å²) in [5.74, 6) is 0.684. The molecule has 0 spiro atoms. The molecule has 3 nitrogen and oxygen atoms in total. The number of rotatable bonds is 1.